The molecule has 1 aromatic carbocycles. The maximum Gasteiger partial charge on any atom is 0.0207 e. The third-order valence-electron chi connectivity index (χ3n) is 3.59. The van der Waals surface area contributed by atoms with Gasteiger partial charge in [-0.1, -0.05) is 42.8 Å². The van der Waals surface area contributed by atoms with E-state index in [-0.39, 0.29) is 5.41 Å². The van der Waals surface area contributed by atoms with Gasteiger partial charge in [0, 0.05) is 4.47 Å². The Hall–Kier alpha value is -0.340. The molecule has 0 heterocycles. The smallest absolute Gasteiger partial charge is 0.0207 e. The minimum absolute atomic E-state index is 0.232. The molecule has 0 aromatic heterocycles. The Labute approximate surface area is 120 Å². The van der Waals surface area contributed by atoms with Crippen molar-refractivity contribution in [2.45, 2.75) is 52.9 Å². The molecule has 0 aliphatic carbocycles. The lowest BCUT2D eigenvalue weighted by Gasteiger charge is -2.28. The van der Waals surface area contributed by atoms with Crippen LogP contribution >= 0.6 is 15.9 Å². The van der Waals surface area contributed by atoms with Crippen molar-refractivity contribution in [3.05, 3.63) is 33.3 Å². The van der Waals surface area contributed by atoms with Gasteiger partial charge in [-0.15, -0.1) is 0 Å². The van der Waals surface area contributed by atoms with Crippen LogP contribution in [0.3, 0.4) is 0 Å². The van der Waals surface area contributed by atoms with Crippen LogP contribution in [0.5, 0.6) is 0 Å². The maximum atomic E-state index is 3.61. The fourth-order valence-electron chi connectivity index (χ4n) is 2.35. The van der Waals surface area contributed by atoms with E-state index in [2.05, 4.69) is 68.0 Å². The molecule has 1 N–H and O–H groups in total. The highest BCUT2D eigenvalue weighted by molar-refractivity contribution is 9.10. The second-order valence-electron chi connectivity index (χ2n) is 5.80. The SMILES string of the molecule is CCCNCCC(C)(C)c1cc(C)c(Br)cc1C. The highest BCUT2D eigenvalue weighted by atomic mass is 79.9. The van der Waals surface area contributed by atoms with Crippen molar-refractivity contribution in [3.8, 4) is 0 Å². The van der Waals surface area contributed by atoms with Crippen molar-refractivity contribution in [1.29, 1.82) is 0 Å². The molecular weight excluding hydrogens is 286 g/mol. The van der Waals surface area contributed by atoms with Crippen LogP contribution < -0.4 is 5.32 Å². The van der Waals surface area contributed by atoms with Crippen molar-refractivity contribution in [1.82, 2.24) is 5.32 Å². The van der Waals surface area contributed by atoms with Crippen LogP contribution in [-0.4, -0.2) is 13.1 Å². The molecule has 0 aliphatic heterocycles. The standard InChI is InChI=1S/C16H26BrN/c1-6-8-18-9-7-16(4,5)14-10-13(3)15(17)11-12(14)2/h10-11,18H,6-9H2,1-5H3. The Morgan fingerprint density at radius 1 is 1.11 bits per heavy atom. The zero-order chi connectivity index (χ0) is 13.8. The van der Waals surface area contributed by atoms with Crippen molar-refractivity contribution in [2.75, 3.05) is 13.1 Å². The van der Waals surface area contributed by atoms with Gasteiger partial charge in [0.15, 0.2) is 0 Å². The number of hydrogen-bond donors (Lipinski definition) is 1. The van der Waals surface area contributed by atoms with E-state index in [1.807, 2.05) is 0 Å². The molecule has 18 heavy (non-hydrogen) atoms. The molecule has 1 aromatic rings. The number of aryl methyl sites for hydroxylation is 2. The van der Waals surface area contributed by atoms with Crippen LogP contribution in [0.25, 0.3) is 0 Å². The summed E-state index contributed by atoms with van der Waals surface area (Å²) in [6.07, 6.45) is 2.38. The van der Waals surface area contributed by atoms with Gasteiger partial charge in [0.1, 0.15) is 0 Å². The minimum Gasteiger partial charge on any atom is -0.317 e. The van der Waals surface area contributed by atoms with Gasteiger partial charge >= 0.3 is 0 Å². The molecule has 0 aliphatic rings. The molecule has 102 valence electrons. The Balaban J connectivity index is 2.80. The summed E-state index contributed by atoms with van der Waals surface area (Å²) in [4.78, 5) is 0. The van der Waals surface area contributed by atoms with Gasteiger partial charge in [-0.05, 0) is 68.0 Å². The van der Waals surface area contributed by atoms with Gasteiger partial charge in [-0.25, -0.2) is 0 Å². The Morgan fingerprint density at radius 3 is 2.39 bits per heavy atom. The monoisotopic (exact) mass is 311 g/mol. The number of hydrogen-bond acceptors (Lipinski definition) is 1. The molecule has 0 radical (unpaired) electrons. The van der Waals surface area contributed by atoms with Crippen molar-refractivity contribution >= 4 is 15.9 Å². The number of rotatable bonds is 6. The molecule has 1 rings (SSSR count). The third kappa shape index (κ3) is 4.10. The van der Waals surface area contributed by atoms with Crippen LogP contribution in [0.2, 0.25) is 0 Å². The topological polar surface area (TPSA) is 12.0 Å². The molecule has 0 saturated carbocycles. The largest absolute Gasteiger partial charge is 0.317 e. The second kappa shape index (κ2) is 6.72. The first-order valence-corrected chi connectivity index (χ1v) is 7.65. The molecule has 2 heteroatoms. The lowest BCUT2D eigenvalue weighted by atomic mass is 9.78. The molecule has 0 spiro atoms. The highest BCUT2D eigenvalue weighted by Gasteiger charge is 2.22. The normalized spacial score (nSPS) is 11.9. The molecule has 0 unspecified atom stereocenters. The maximum absolute atomic E-state index is 3.61. The fourth-order valence-corrected chi connectivity index (χ4v) is 2.81. The second-order valence-corrected chi connectivity index (χ2v) is 6.65. The molecular formula is C16H26BrN. The molecule has 1 nitrogen and oxygen atoms in total. The van der Waals surface area contributed by atoms with E-state index in [4.69, 9.17) is 0 Å². The number of benzene rings is 1. The Kier molecular flexibility index (Phi) is 5.87. The Morgan fingerprint density at radius 2 is 1.78 bits per heavy atom. The van der Waals surface area contributed by atoms with Gasteiger partial charge in [0.05, 0.1) is 0 Å². The summed E-state index contributed by atoms with van der Waals surface area (Å²) in [5, 5.41) is 3.50. The average Bonchev–Trinajstić information content (AvgIpc) is 2.29. The summed E-state index contributed by atoms with van der Waals surface area (Å²) in [5.74, 6) is 0. The lowest BCUT2D eigenvalue weighted by Crippen LogP contribution is -2.26. The van der Waals surface area contributed by atoms with Gasteiger partial charge in [0.25, 0.3) is 0 Å². The van der Waals surface area contributed by atoms with Crippen LogP contribution in [0, 0.1) is 13.8 Å². The van der Waals surface area contributed by atoms with Crippen molar-refractivity contribution in [2.24, 2.45) is 0 Å². The van der Waals surface area contributed by atoms with Gasteiger partial charge in [-0.3, -0.25) is 0 Å². The Bertz CT molecular complexity index is 396. The third-order valence-corrected chi connectivity index (χ3v) is 4.44. The fraction of sp³-hybridized carbons (Fsp3) is 0.625. The summed E-state index contributed by atoms with van der Waals surface area (Å²) in [7, 11) is 0. The van der Waals surface area contributed by atoms with E-state index >= 15 is 0 Å². The number of nitrogens with one attached hydrogen (secondary N) is 1. The summed E-state index contributed by atoms with van der Waals surface area (Å²) in [6.45, 7) is 13.5. The minimum atomic E-state index is 0.232. The van der Waals surface area contributed by atoms with E-state index in [9.17, 15) is 0 Å². The molecule has 0 amide bonds. The molecule has 0 fully saturated rings. The van der Waals surface area contributed by atoms with E-state index in [0.29, 0.717) is 0 Å². The highest BCUT2D eigenvalue weighted by Crippen LogP contribution is 2.32. The first-order valence-electron chi connectivity index (χ1n) is 6.86. The van der Waals surface area contributed by atoms with Crippen molar-refractivity contribution in [3.63, 3.8) is 0 Å². The van der Waals surface area contributed by atoms with Gasteiger partial charge < -0.3 is 5.32 Å². The first kappa shape index (κ1) is 15.7. The van der Waals surface area contributed by atoms with Crippen molar-refractivity contribution < 1.29 is 0 Å². The van der Waals surface area contributed by atoms with Gasteiger partial charge in [-0.2, -0.15) is 0 Å². The summed E-state index contributed by atoms with van der Waals surface area (Å²) >= 11 is 3.61. The van der Waals surface area contributed by atoms with E-state index in [0.717, 1.165) is 13.1 Å². The zero-order valence-corrected chi connectivity index (χ0v) is 13.9. The predicted octanol–water partition coefficient (Wildman–Crippen LogP) is 4.73. The van der Waals surface area contributed by atoms with Crippen LogP contribution in [-0.2, 0) is 5.41 Å². The van der Waals surface area contributed by atoms with E-state index in [1.165, 1.54) is 34.0 Å². The zero-order valence-electron chi connectivity index (χ0n) is 12.4. The summed E-state index contributed by atoms with van der Waals surface area (Å²) in [5.41, 5.74) is 4.41. The van der Waals surface area contributed by atoms with Crippen LogP contribution in [0.4, 0.5) is 0 Å². The van der Waals surface area contributed by atoms with E-state index in [1.54, 1.807) is 0 Å². The van der Waals surface area contributed by atoms with Crippen LogP contribution in [0.1, 0.15) is 50.3 Å². The molecule has 0 saturated heterocycles. The van der Waals surface area contributed by atoms with E-state index < -0.39 is 0 Å². The average molecular weight is 312 g/mol. The van der Waals surface area contributed by atoms with Gasteiger partial charge in [0.2, 0.25) is 0 Å². The lowest BCUT2D eigenvalue weighted by molar-refractivity contribution is 0.455. The molecule has 0 atom stereocenters. The number of halogens is 1. The first-order chi connectivity index (χ1) is 8.38. The summed E-state index contributed by atoms with van der Waals surface area (Å²) < 4.78 is 1.21. The predicted molar refractivity (Wildman–Crippen MR) is 84.4 cm³/mol. The van der Waals surface area contributed by atoms with Crippen LogP contribution in [0.15, 0.2) is 16.6 Å². The molecule has 0 bridgehead atoms. The summed E-state index contributed by atoms with van der Waals surface area (Å²) in [6, 6.07) is 4.57. The quantitative estimate of drug-likeness (QED) is 0.749.